The second kappa shape index (κ2) is 12.7. The summed E-state index contributed by atoms with van der Waals surface area (Å²) in [6.45, 7) is 5.32. The summed E-state index contributed by atoms with van der Waals surface area (Å²) >= 11 is 0. The van der Waals surface area contributed by atoms with E-state index in [-0.39, 0.29) is 11.7 Å². The lowest BCUT2D eigenvalue weighted by Gasteiger charge is -2.41. The summed E-state index contributed by atoms with van der Waals surface area (Å²) in [5.74, 6) is 1.65. The van der Waals surface area contributed by atoms with Crippen LogP contribution in [0.15, 0.2) is 12.1 Å². The molecule has 2 atom stereocenters. The van der Waals surface area contributed by atoms with Crippen LogP contribution < -0.4 is 4.74 Å². The number of rotatable bonds is 9. The Labute approximate surface area is 206 Å². The van der Waals surface area contributed by atoms with E-state index in [2.05, 4.69) is 6.92 Å². The minimum Gasteiger partial charge on any atom is -0.491 e. The number of hydrogen-bond acceptors (Lipinski definition) is 2. The summed E-state index contributed by atoms with van der Waals surface area (Å²) in [6.07, 6.45) is 18.2. The fourth-order valence-electron chi connectivity index (χ4n) is 7.10. The van der Waals surface area contributed by atoms with Crippen molar-refractivity contribution in [3.63, 3.8) is 0 Å². The summed E-state index contributed by atoms with van der Waals surface area (Å²) in [6, 6.07) is 3.33. The van der Waals surface area contributed by atoms with E-state index in [4.69, 9.17) is 9.47 Å². The van der Waals surface area contributed by atoms with Gasteiger partial charge in [-0.3, -0.25) is 0 Å². The highest BCUT2D eigenvalue weighted by Crippen LogP contribution is 2.44. The standard InChI is InChI=1S/C30H46F2O2/c1-3-5-6-7-21-8-10-24(11-9-21)27-18-16-25(20-34-27)22-12-14-23(15-13-22)26-17-19-28(33-4-2)30(32)29(26)31/h17,19,21-25,27H,3-16,18,20H2,1-2H3/t21?,22?,23?,24?,25-,27?/m1/s1. The van der Waals surface area contributed by atoms with Gasteiger partial charge in [-0.05, 0) is 99.5 Å². The van der Waals surface area contributed by atoms with Crippen molar-refractivity contribution in [2.75, 3.05) is 13.2 Å². The van der Waals surface area contributed by atoms with Gasteiger partial charge < -0.3 is 9.47 Å². The highest BCUT2D eigenvalue weighted by Gasteiger charge is 2.36. The molecule has 0 amide bonds. The molecule has 0 radical (unpaired) electrons. The number of benzene rings is 1. The summed E-state index contributed by atoms with van der Waals surface area (Å²) < 4.78 is 40.7. The molecule has 192 valence electrons. The van der Waals surface area contributed by atoms with Crippen LogP contribution >= 0.6 is 0 Å². The van der Waals surface area contributed by atoms with Crippen LogP contribution in [-0.4, -0.2) is 19.3 Å². The minimum atomic E-state index is -0.830. The maximum Gasteiger partial charge on any atom is 0.200 e. The topological polar surface area (TPSA) is 18.5 Å². The first-order valence-corrected chi connectivity index (χ1v) is 14.3. The van der Waals surface area contributed by atoms with Gasteiger partial charge in [0.25, 0.3) is 0 Å². The molecule has 1 heterocycles. The van der Waals surface area contributed by atoms with Crippen LogP contribution in [0.1, 0.15) is 115 Å². The summed E-state index contributed by atoms with van der Waals surface area (Å²) in [7, 11) is 0. The van der Waals surface area contributed by atoms with Gasteiger partial charge in [-0.15, -0.1) is 0 Å². The molecule has 0 aromatic heterocycles. The van der Waals surface area contributed by atoms with Crippen LogP contribution in [0.25, 0.3) is 0 Å². The molecule has 3 fully saturated rings. The predicted molar refractivity (Wildman–Crippen MR) is 134 cm³/mol. The molecule has 1 aromatic carbocycles. The molecule has 1 saturated heterocycles. The van der Waals surface area contributed by atoms with Crippen LogP contribution in [0.2, 0.25) is 0 Å². The summed E-state index contributed by atoms with van der Waals surface area (Å²) in [4.78, 5) is 0. The highest BCUT2D eigenvalue weighted by molar-refractivity contribution is 5.33. The fraction of sp³-hybridized carbons (Fsp3) is 0.800. The van der Waals surface area contributed by atoms with E-state index in [1.54, 1.807) is 19.1 Å². The maximum absolute atomic E-state index is 14.7. The molecule has 0 N–H and O–H groups in total. The molecule has 4 rings (SSSR count). The number of ether oxygens (including phenoxy) is 2. The quantitative estimate of drug-likeness (QED) is 0.331. The Balaban J connectivity index is 1.19. The van der Waals surface area contributed by atoms with E-state index >= 15 is 0 Å². The Hall–Kier alpha value is -1.16. The van der Waals surface area contributed by atoms with Gasteiger partial charge in [-0.2, -0.15) is 4.39 Å². The van der Waals surface area contributed by atoms with Crippen LogP contribution in [0.4, 0.5) is 8.78 Å². The average Bonchev–Trinajstić information content (AvgIpc) is 2.88. The third-order valence-corrected chi connectivity index (χ3v) is 9.23. The monoisotopic (exact) mass is 476 g/mol. The van der Waals surface area contributed by atoms with Gasteiger partial charge in [0.2, 0.25) is 5.82 Å². The van der Waals surface area contributed by atoms with E-state index in [9.17, 15) is 8.78 Å². The van der Waals surface area contributed by atoms with Crippen LogP contribution in [0.3, 0.4) is 0 Å². The first-order valence-electron chi connectivity index (χ1n) is 14.3. The molecule has 0 spiro atoms. The fourth-order valence-corrected chi connectivity index (χ4v) is 7.10. The SMILES string of the molecule is CCCCCC1CCC(C2CC[C@@H](C3CCC(c4ccc(OCC)c(F)c4F)CC3)CO2)CC1. The Bertz CT molecular complexity index is 742. The molecule has 4 heteroatoms. The van der Waals surface area contributed by atoms with Crippen LogP contribution in [-0.2, 0) is 4.74 Å². The highest BCUT2D eigenvalue weighted by atomic mass is 19.2. The van der Waals surface area contributed by atoms with Gasteiger partial charge in [0.1, 0.15) is 0 Å². The first-order chi connectivity index (χ1) is 16.6. The molecule has 3 aliphatic rings. The molecule has 1 aromatic rings. The zero-order chi connectivity index (χ0) is 23.9. The van der Waals surface area contributed by atoms with E-state index in [0.29, 0.717) is 30.1 Å². The van der Waals surface area contributed by atoms with Crippen LogP contribution in [0.5, 0.6) is 5.75 Å². The van der Waals surface area contributed by atoms with Gasteiger partial charge in [-0.1, -0.05) is 51.5 Å². The van der Waals surface area contributed by atoms with E-state index in [0.717, 1.165) is 44.1 Å². The minimum absolute atomic E-state index is 0.0244. The van der Waals surface area contributed by atoms with Gasteiger partial charge in [0, 0.05) is 0 Å². The zero-order valence-electron chi connectivity index (χ0n) is 21.5. The molecular weight excluding hydrogens is 430 g/mol. The lowest BCUT2D eigenvalue weighted by molar-refractivity contribution is -0.0733. The lowest BCUT2D eigenvalue weighted by atomic mass is 9.71. The normalized spacial score (nSPS) is 32.5. The maximum atomic E-state index is 14.7. The van der Waals surface area contributed by atoms with Crippen molar-refractivity contribution in [3.05, 3.63) is 29.3 Å². The van der Waals surface area contributed by atoms with Crippen molar-refractivity contribution in [1.82, 2.24) is 0 Å². The number of halogens is 2. The van der Waals surface area contributed by atoms with Gasteiger partial charge in [-0.25, -0.2) is 4.39 Å². The predicted octanol–water partition coefficient (Wildman–Crippen LogP) is 8.82. The third kappa shape index (κ3) is 6.33. The van der Waals surface area contributed by atoms with Crippen molar-refractivity contribution < 1.29 is 18.3 Å². The molecule has 2 aliphatic carbocycles. The number of hydrogen-bond donors (Lipinski definition) is 0. The number of unbranched alkanes of at least 4 members (excludes halogenated alkanes) is 2. The lowest BCUT2D eigenvalue weighted by Crippen LogP contribution is -2.37. The first kappa shape index (κ1) is 25.9. The van der Waals surface area contributed by atoms with Crippen molar-refractivity contribution in [1.29, 1.82) is 0 Å². The molecular formula is C30H46F2O2. The summed E-state index contributed by atoms with van der Waals surface area (Å²) in [5, 5.41) is 0. The molecule has 34 heavy (non-hydrogen) atoms. The smallest absolute Gasteiger partial charge is 0.200 e. The molecule has 0 bridgehead atoms. The molecule has 1 unspecified atom stereocenters. The molecule has 2 saturated carbocycles. The van der Waals surface area contributed by atoms with Crippen LogP contribution in [0, 0.1) is 35.3 Å². The van der Waals surface area contributed by atoms with Gasteiger partial charge >= 0.3 is 0 Å². The van der Waals surface area contributed by atoms with Gasteiger partial charge in [0.05, 0.1) is 19.3 Å². The third-order valence-electron chi connectivity index (χ3n) is 9.23. The van der Waals surface area contributed by atoms with Crippen molar-refractivity contribution >= 4 is 0 Å². The van der Waals surface area contributed by atoms with Crippen molar-refractivity contribution in [2.45, 2.75) is 116 Å². The second-order valence-electron chi connectivity index (χ2n) is 11.3. The van der Waals surface area contributed by atoms with Gasteiger partial charge in [0.15, 0.2) is 11.6 Å². The van der Waals surface area contributed by atoms with E-state index in [1.165, 1.54) is 64.2 Å². The van der Waals surface area contributed by atoms with Crippen molar-refractivity contribution in [2.24, 2.45) is 23.7 Å². The second-order valence-corrected chi connectivity index (χ2v) is 11.3. The Morgan fingerprint density at radius 1 is 0.794 bits per heavy atom. The molecule has 2 nitrogen and oxygen atoms in total. The Morgan fingerprint density at radius 3 is 2.15 bits per heavy atom. The summed E-state index contributed by atoms with van der Waals surface area (Å²) in [5.41, 5.74) is 0.532. The van der Waals surface area contributed by atoms with E-state index in [1.807, 2.05) is 0 Å². The van der Waals surface area contributed by atoms with E-state index < -0.39 is 11.6 Å². The largest absolute Gasteiger partial charge is 0.491 e. The zero-order valence-corrected chi connectivity index (χ0v) is 21.5. The average molecular weight is 477 g/mol. The van der Waals surface area contributed by atoms with Crippen molar-refractivity contribution in [3.8, 4) is 5.75 Å². The Kier molecular flexibility index (Phi) is 9.68. The Morgan fingerprint density at radius 2 is 1.50 bits per heavy atom. The molecule has 1 aliphatic heterocycles.